The zero-order valence-electron chi connectivity index (χ0n) is 19.3. The Morgan fingerprint density at radius 2 is 1.81 bits per heavy atom. The average molecular weight is 561 g/mol. The van der Waals surface area contributed by atoms with E-state index in [4.69, 9.17) is 23.2 Å². The van der Waals surface area contributed by atoms with Crippen molar-refractivity contribution in [2.24, 2.45) is 0 Å². The number of hydrogen-bond donors (Lipinski definition) is 1. The molecule has 0 aliphatic rings. The number of sulfonamides is 1. The van der Waals surface area contributed by atoms with Gasteiger partial charge >= 0.3 is 0 Å². The van der Waals surface area contributed by atoms with E-state index in [9.17, 15) is 13.2 Å². The highest BCUT2D eigenvalue weighted by Gasteiger charge is 2.29. The number of nitrogens with one attached hydrogen (secondary N) is 1. The van der Waals surface area contributed by atoms with Gasteiger partial charge in [0.2, 0.25) is 15.9 Å². The summed E-state index contributed by atoms with van der Waals surface area (Å²) in [6.45, 7) is 1.62. The van der Waals surface area contributed by atoms with E-state index in [1.54, 1.807) is 17.4 Å². The Balaban J connectivity index is 1.56. The van der Waals surface area contributed by atoms with Crippen LogP contribution in [0.3, 0.4) is 0 Å². The lowest BCUT2D eigenvalue weighted by molar-refractivity contribution is -0.116. The molecule has 186 valence electrons. The van der Waals surface area contributed by atoms with Gasteiger partial charge < -0.3 is 5.32 Å². The summed E-state index contributed by atoms with van der Waals surface area (Å²) in [6.07, 6.45) is 0.421. The maximum absolute atomic E-state index is 13.6. The van der Waals surface area contributed by atoms with E-state index >= 15 is 0 Å². The Hall–Kier alpha value is -2.75. The first-order chi connectivity index (χ1) is 17.2. The van der Waals surface area contributed by atoms with Crippen molar-refractivity contribution in [3.63, 3.8) is 0 Å². The molecule has 36 heavy (non-hydrogen) atoms. The van der Waals surface area contributed by atoms with Gasteiger partial charge in [0.1, 0.15) is 4.90 Å². The maximum atomic E-state index is 13.6. The van der Waals surface area contributed by atoms with Gasteiger partial charge in [-0.1, -0.05) is 65.7 Å². The Kier molecular flexibility index (Phi) is 8.43. The van der Waals surface area contributed by atoms with Gasteiger partial charge in [-0.25, -0.2) is 13.4 Å². The second-order valence-electron chi connectivity index (χ2n) is 8.03. The number of aromatic nitrogens is 1. The molecule has 0 aliphatic carbocycles. The molecule has 0 fully saturated rings. The van der Waals surface area contributed by atoms with E-state index in [0.717, 1.165) is 26.1 Å². The van der Waals surface area contributed by atoms with Gasteiger partial charge in [-0.2, -0.15) is 4.31 Å². The van der Waals surface area contributed by atoms with E-state index in [2.05, 4.69) is 10.3 Å². The fraction of sp³-hybridized carbons (Fsp3) is 0.154. The summed E-state index contributed by atoms with van der Waals surface area (Å²) in [7, 11) is -4.11. The first-order valence-electron chi connectivity index (χ1n) is 11.0. The van der Waals surface area contributed by atoms with Gasteiger partial charge in [0.25, 0.3) is 0 Å². The molecular weight excluding hydrogens is 537 g/mol. The summed E-state index contributed by atoms with van der Waals surface area (Å²) in [5.41, 5.74) is 3.17. The van der Waals surface area contributed by atoms with Crippen LogP contribution >= 0.6 is 34.5 Å². The number of hydrogen-bond acceptors (Lipinski definition) is 5. The number of anilines is 1. The first-order valence-corrected chi connectivity index (χ1v) is 14.1. The Morgan fingerprint density at radius 1 is 1.03 bits per heavy atom. The molecule has 1 aromatic heterocycles. The quantitative estimate of drug-likeness (QED) is 0.261. The molecule has 0 radical (unpaired) electrons. The van der Waals surface area contributed by atoms with Crippen molar-refractivity contribution in [1.29, 1.82) is 0 Å². The number of halogens is 2. The van der Waals surface area contributed by atoms with Crippen LogP contribution in [0.25, 0.3) is 11.3 Å². The number of benzene rings is 3. The van der Waals surface area contributed by atoms with Crippen molar-refractivity contribution in [3.05, 3.63) is 98.8 Å². The summed E-state index contributed by atoms with van der Waals surface area (Å²) in [5.74, 6) is -0.476. The first kappa shape index (κ1) is 26.3. The largest absolute Gasteiger partial charge is 0.325 e. The van der Waals surface area contributed by atoms with Crippen LogP contribution in [-0.4, -0.2) is 36.7 Å². The smallest absolute Gasteiger partial charge is 0.245 e. The van der Waals surface area contributed by atoms with Gasteiger partial charge in [-0.05, 0) is 49.2 Å². The van der Waals surface area contributed by atoms with Gasteiger partial charge in [-0.15, -0.1) is 11.3 Å². The zero-order chi connectivity index (χ0) is 25.7. The number of amides is 1. The highest BCUT2D eigenvalue weighted by Crippen LogP contribution is 2.28. The summed E-state index contributed by atoms with van der Waals surface area (Å²) in [4.78, 5) is 17.4. The monoisotopic (exact) mass is 559 g/mol. The third-order valence-corrected chi connectivity index (χ3v) is 8.72. The van der Waals surface area contributed by atoms with E-state index in [-0.39, 0.29) is 21.5 Å². The van der Waals surface area contributed by atoms with Crippen molar-refractivity contribution < 1.29 is 13.2 Å². The SMILES string of the molecule is Cc1nc(-c2cccc(NC(=O)CN(CCc3ccccc3)S(=O)(=O)c3cc(Cl)ccc3Cl)c2)cs1. The Bertz CT molecular complexity index is 1470. The molecule has 4 rings (SSSR count). The minimum atomic E-state index is -4.11. The molecule has 6 nitrogen and oxygen atoms in total. The molecular formula is C26H23Cl2N3O3S2. The van der Waals surface area contributed by atoms with Gasteiger partial charge in [0.05, 0.1) is 22.3 Å². The molecule has 0 aliphatic heterocycles. The molecule has 1 heterocycles. The van der Waals surface area contributed by atoms with Crippen LogP contribution in [0.2, 0.25) is 10.0 Å². The lowest BCUT2D eigenvalue weighted by Gasteiger charge is -2.22. The third kappa shape index (κ3) is 6.52. The molecule has 0 unspecified atom stereocenters. The molecule has 0 bridgehead atoms. The molecule has 0 atom stereocenters. The molecule has 10 heteroatoms. The van der Waals surface area contributed by atoms with E-state index in [1.165, 1.54) is 18.2 Å². The fourth-order valence-electron chi connectivity index (χ4n) is 3.61. The standard InChI is InChI=1S/C26H23Cl2N3O3S2/c1-18-29-24(17-35-18)20-8-5-9-22(14-20)30-26(32)16-31(13-12-19-6-3-2-4-7-19)36(33,34)25-15-21(27)10-11-23(25)28/h2-11,14-15,17H,12-13,16H2,1H3,(H,30,32). The van der Waals surface area contributed by atoms with E-state index in [1.807, 2.05) is 60.8 Å². The Labute approximate surface area is 224 Å². The molecule has 0 saturated heterocycles. The molecule has 1 N–H and O–H groups in total. The minimum absolute atomic E-state index is 0.0378. The topological polar surface area (TPSA) is 79.4 Å². The highest BCUT2D eigenvalue weighted by molar-refractivity contribution is 7.89. The third-order valence-electron chi connectivity index (χ3n) is 5.38. The number of rotatable bonds is 9. The summed E-state index contributed by atoms with van der Waals surface area (Å²) in [5, 5.41) is 5.97. The molecule has 1 amide bonds. The van der Waals surface area contributed by atoms with Crippen LogP contribution < -0.4 is 5.32 Å². The number of carbonyl (C=O) groups excluding carboxylic acids is 1. The normalized spacial score (nSPS) is 11.6. The lowest BCUT2D eigenvalue weighted by Crippen LogP contribution is -2.39. The number of carbonyl (C=O) groups is 1. The molecule has 0 spiro atoms. The minimum Gasteiger partial charge on any atom is -0.325 e. The molecule has 0 saturated carbocycles. The molecule has 4 aromatic rings. The number of aryl methyl sites for hydroxylation is 1. The van der Waals surface area contributed by atoms with Crippen molar-refractivity contribution in [2.75, 3.05) is 18.4 Å². The zero-order valence-corrected chi connectivity index (χ0v) is 22.5. The predicted molar refractivity (Wildman–Crippen MR) is 146 cm³/mol. The average Bonchev–Trinajstić information content (AvgIpc) is 3.30. The lowest BCUT2D eigenvalue weighted by atomic mass is 10.1. The summed E-state index contributed by atoms with van der Waals surface area (Å²) < 4.78 is 28.2. The van der Waals surface area contributed by atoms with Crippen LogP contribution in [0.15, 0.2) is 83.1 Å². The van der Waals surface area contributed by atoms with Crippen molar-refractivity contribution in [3.8, 4) is 11.3 Å². The second-order valence-corrected chi connectivity index (χ2v) is 11.8. The predicted octanol–water partition coefficient (Wildman–Crippen LogP) is 6.30. The van der Waals surface area contributed by atoms with Crippen molar-refractivity contribution >= 4 is 56.2 Å². The van der Waals surface area contributed by atoms with Crippen molar-refractivity contribution in [2.45, 2.75) is 18.2 Å². The summed E-state index contributed by atoms with van der Waals surface area (Å²) >= 11 is 13.8. The Morgan fingerprint density at radius 3 is 2.53 bits per heavy atom. The van der Waals surface area contributed by atoms with Gasteiger partial charge in [0, 0.05) is 28.2 Å². The molecule has 3 aromatic carbocycles. The van der Waals surface area contributed by atoms with Gasteiger partial charge in [-0.3, -0.25) is 4.79 Å². The van der Waals surface area contributed by atoms with E-state index in [0.29, 0.717) is 12.1 Å². The van der Waals surface area contributed by atoms with Crippen LogP contribution in [0, 0.1) is 6.92 Å². The van der Waals surface area contributed by atoms with Crippen LogP contribution in [-0.2, 0) is 21.2 Å². The second kappa shape index (κ2) is 11.5. The maximum Gasteiger partial charge on any atom is 0.245 e. The van der Waals surface area contributed by atoms with Crippen LogP contribution in [0.5, 0.6) is 0 Å². The van der Waals surface area contributed by atoms with Crippen molar-refractivity contribution in [1.82, 2.24) is 9.29 Å². The summed E-state index contributed by atoms with van der Waals surface area (Å²) in [6, 6.07) is 21.0. The van der Waals surface area contributed by atoms with Gasteiger partial charge in [0.15, 0.2) is 0 Å². The number of thiazole rings is 1. The fourth-order valence-corrected chi connectivity index (χ4v) is 6.37. The van der Waals surface area contributed by atoms with Crippen LogP contribution in [0.1, 0.15) is 10.6 Å². The van der Waals surface area contributed by atoms with E-state index < -0.39 is 22.5 Å². The highest BCUT2D eigenvalue weighted by atomic mass is 35.5. The number of nitrogens with zero attached hydrogens (tertiary/aromatic N) is 2. The van der Waals surface area contributed by atoms with Crippen LogP contribution in [0.4, 0.5) is 5.69 Å².